The van der Waals surface area contributed by atoms with Gasteiger partial charge in [-0.15, -0.1) is 0 Å². The molecule has 0 aromatic heterocycles. The fraction of sp³-hybridized carbons (Fsp3) is 0.458. The zero-order valence-electron chi connectivity index (χ0n) is 17.7. The van der Waals surface area contributed by atoms with Gasteiger partial charge in [0.25, 0.3) is 0 Å². The molecule has 2 aromatic rings. The van der Waals surface area contributed by atoms with E-state index in [4.69, 9.17) is 14.6 Å². The molecule has 158 valence electrons. The summed E-state index contributed by atoms with van der Waals surface area (Å²) < 4.78 is 12.7. The fourth-order valence-corrected chi connectivity index (χ4v) is 4.95. The maximum atomic E-state index is 9.97. The van der Waals surface area contributed by atoms with Crippen LogP contribution >= 0.6 is 0 Å². The predicted octanol–water partition coefficient (Wildman–Crippen LogP) is 4.15. The lowest BCUT2D eigenvalue weighted by Crippen LogP contribution is -2.59. The van der Waals surface area contributed by atoms with Crippen molar-refractivity contribution in [3.05, 3.63) is 53.6 Å². The number of hydrazone groups is 1. The van der Waals surface area contributed by atoms with Crippen molar-refractivity contribution in [2.75, 3.05) is 26.2 Å². The lowest BCUT2D eigenvalue weighted by atomic mass is 9.90. The number of likely N-dealkylation sites (tertiary alicyclic amines) is 1. The maximum absolute atomic E-state index is 9.97. The Bertz CT molecular complexity index is 966. The number of ether oxygens (including phenoxy) is 2. The zero-order valence-corrected chi connectivity index (χ0v) is 17.7. The second-order valence-electron chi connectivity index (χ2n) is 8.25. The Hall–Kier alpha value is -2.73. The third-order valence-corrected chi connectivity index (χ3v) is 6.55. The van der Waals surface area contributed by atoms with Crippen molar-refractivity contribution in [1.82, 2.24) is 9.91 Å². The molecule has 0 saturated carbocycles. The van der Waals surface area contributed by atoms with Crippen molar-refractivity contribution in [3.8, 4) is 17.2 Å². The summed E-state index contributed by atoms with van der Waals surface area (Å²) in [6, 6.07) is 13.7. The van der Waals surface area contributed by atoms with E-state index in [1.165, 1.54) is 0 Å². The van der Waals surface area contributed by atoms with E-state index in [0.29, 0.717) is 6.61 Å². The number of phenols is 1. The molecule has 0 amide bonds. The van der Waals surface area contributed by atoms with Gasteiger partial charge in [0, 0.05) is 43.5 Å². The quantitative estimate of drug-likeness (QED) is 0.825. The van der Waals surface area contributed by atoms with Crippen LogP contribution in [0.2, 0.25) is 0 Å². The average molecular weight is 408 g/mol. The maximum Gasteiger partial charge on any atom is 0.200 e. The first-order valence-corrected chi connectivity index (χ1v) is 11.0. The summed E-state index contributed by atoms with van der Waals surface area (Å²) in [4.78, 5) is 2.46. The number of hydrogen-bond donors (Lipinski definition) is 1. The van der Waals surface area contributed by atoms with Crippen LogP contribution in [0.25, 0.3) is 0 Å². The van der Waals surface area contributed by atoms with Crippen LogP contribution in [0.1, 0.15) is 50.3 Å². The Morgan fingerprint density at radius 3 is 2.70 bits per heavy atom. The van der Waals surface area contributed by atoms with Crippen LogP contribution in [0, 0.1) is 0 Å². The Morgan fingerprint density at radius 2 is 1.97 bits per heavy atom. The summed E-state index contributed by atoms with van der Waals surface area (Å²) >= 11 is 0. The molecule has 6 heteroatoms. The molecule has 1 saturated heterocycles. The average Bonchev–Trinajstić information content (AvgIpc) is 3.22. The highest BCUT2D eigenvalue weighted by Crippen LogP contribution is 2.52. The molecule has 0 bridgehead atoms. The van der Waals surface area contributed by atoms with E-state index in [9.17, 15) is 5.11 Å². The molecule has 30 heavy (non-hydrogen) atoms. The number of piperidine rings is 1. The van der Waals surface area contributed by atoms with Gasteiger partial charge in [-0.05, 0) is 31.7 Å². The van der Waals surface area contributed by atoms with Gasteiger partial charge in [0.05, 0.1) is 18.4 Å². The molecule has 3 aliphatic rings. The number of nitrogens with zero attached hydrogens (tertiary/aromatic N) is 3. The van der Waals surface area contributed by atoms with Gasteiger partial charge in [-0.3, -0.25) is 0 Å². The Balaban J connectivity index is 1.58. The van der Waals surface area contributed by atoms with Gasteiger partial charge in [0.2, 0.25) is 5.72 Å². The van der Waals surface area contributed by atoms with Gasteiger partial charge in [-0.2, -0.15) is 5.10 Å². The molecule has 3 heterocycles. The smallest absolute Gasteiger partial charge is 0.200 e. The highest BCUT2D eigenvalue weighted by Gasteiger charge is 2.52. The number of hydrogen-bond acceptors (Lipinski definition) is 6. The lowest BCUT2D eigenvalue weighted by molar-refractivity contribution is -0.150. The van der Waals surface area contributed by atoms with Crippen molar-refractivity contribution in [1.29, 1.82) is 0 Å². The summed E-state index contributed by atoms with van der Waals surface area (Å²) in [5.41, 5.74) is 2.62. The van der Waals surface area contributed by atoms with Gasteiger partial charge >= 0.3 is 0 Å². The van der Waals surface area contributed by atoms with Crippen LogP contribution in [-0.4, -0.2) is 52.7 Å². The topological polar surface area (TPSA) is 57.5 Å². The molecular formula is C24H29N3O3. The first-order valence-electron chi connectivity index (χ1n) is 11.0. The van der Waals surface area contributed by atoms with Gasteiger partial charge in [0.15, 0.2) is 11.5 Å². The normalized spacial score (nSPS) is 22.3. The number of fused-ring (bicyclic) bond motifs is 4. The molecule has 1 spiro atoms. The largest absolute Gasteiger partial charge is 0.508 e. The summed E-state index contributed by atoms with van der Waals surface area (Å²) in [5, 5.41) is 17.3. The zero-order chi connectivity index (χ0) is 20.7. The van der Waals surface area contributed by atoms with Crippen LogP contribution < -0.4 is 9.47 Å². The third kappa shape index (κ3) is 3.10. The summed E-state index contributed by atoms with van der Waals surface area (Å²) in [5.74, 6) is 1.96. The third-order valence-electron chi connectivity index (χ3n) is 6.55. The Labute approximate surface area is 177 Å². The number of benzene rings is 2. The number of phenolic OH excluding ortho intramolecular Hbond substituents is 1. The monoisotopic (exact) mass is 407 g/mol. The highest BCUT2D eigenvalue weighted by atomic mass is 16.6. The minimum atomic E-state index is -0.463. The van der Waals surface area contributed by atoms with Crippen molar-refractivity contribution in [2.45, 2.75) is 44.9 Å². The molecule has 0 unspecified atom stereocenters. The number of para-hydroxylation sites is 1. The molecule has 0 aliphatic carbocycles. The van der Waals surface area contributed by atoms with E-state index in [1.54, 1.807) is 12.1 Å². The minimum absolute atomic E-state index is 0.111. The van der Waals surface area contributed by atoms with Gasteiger partial charge in [0.1, 0.15) is 5.75 Å². The summed E-state index contributed by atoms with van der Waals surface area (Å²) in [6.07, 6.45) is 2.58. The van der Waals surface area contributed by atoms with Crippen LogP contribution in [0.3, 0.4) is 0 Å². The fourth-order valence-electron chi connectivity index (χ4n) is 4.95. The number of aromatic hydroxyl groups is 1. The number of rotatable bonds is 4. The van der Waals surface area contributed by atoms with Crippen molar-refractivity contribution < 1.29 is 14.6 Å². The van der Waals surface area contributed by atoms with Crippen molar-refractivity contribution in [2.24, 2.45) is 5.10 Å². The van der Waals surface area contributed by atoms with Crippen LogP contribution in [0.4, 0.5) is 0 Å². The molecule has 5 rings (SSSR count). The van der Waals surface area contributed by atoms with Crippen LogP contribution in [0.5, 0.6) is 17.2 Å². The first kappa shape index (κ1) is 19.2. The van der Waals surface area contributed by atoms with Crippen LogP contribution in [0.15, 0.2) is 47.6 Å². The Morgan fingerprint density at radius 1 is 1.17 bits per heavy atom. The summed E-state index contributed by atoms with van der Waals surface area (Å²) in [7, 11) is 0. The minimum Gasteiger partial charge on any atom is -0.508 e. The molecule has 1 N–H and O–H groups in total. The van der Waals surface area contributed by atoms with Crippen molar-refractivity contribution >= 4 is 5.71 Å². The molecule has 1 atom stereocenters. The molecular weight excluding hydrogens is 378 g/mol. The van der Waals surface area contributed by atoms with E-state index in [2.05, 4.69) is 22.9 Å². The highest BCUT2D eigenvalue weighted by molar-refractivity contribution is 6.02. The van der Waals surface area contributed by atoms with E-state index in [1.807, 2.05) is 31.2 Å². The standard InChI is InChI=1S/C24H29N3O3/c1-3-26-13-11-24(12-14-26)27-21(16-20(25-27)17-7-5-8-18(28)15-17)19-9-6-10-22(29-4-2)23(19)30-24/h5-10,15,21,28H,3-4,11-14,16H2,1-2H3/t21-/m1/s1. The SMILES string of the molecule is CCOc1cccc2c1OC1(CCN(CC)CC1)N1N=C(c3cccc(O)c3)C[C@H]21. The lowest BCUT2D eigenvalue weighted by Gasteiger charge is -2.51. The van der Waals surface area contributed by atoms with E-state index in [0.717, 1.165) is 67.2 Å². The molecule has 2 aromatic carbocycles. The van der Waals surface area contributed by atoms with Crippen molar-refractivity contribution in [3.63, 3.8) is 0 Å². The van der Waals surface area contributed by atoms with E-state index < -0.39 is 5.72 Å². The summed E-state index contributed by atoms with van der Waals surface area (Å²) in [6.45, 7) is 7.85. The molecule has 1 fully saturated rings. The first-order chi connectivity index (χ1) is 14.6. The van der Waals surface area contributed by atoms with E-state index in [-0.39, 0.29) is 11.8 Å². The predicted molar refractivity (Wildman–Crippen MR) is 116 cm³/mol. The molecule has 3 aliphatic heterocycles. The Kier molecular flexibility index (Phi) is 4.82. The van der Waals surface area contributed by atoms with Gasteiger partial charge in [-0.25, -0.2) is 5.01 Å². The van der Waals surface area contributed by atoms with E-state index >= 15 is 0 Å². The van der Waals surface area contributed by atoms with Crippen LogP contribution in [-0.2, 0) is 0 Å². The van der Waals surface area contributed by atoms with Gasteiger partial charge in [-0.1, -0.05) is 31.2 Å². The molecule has 6 nitrogen and oxygen atoms in total. The second-order valence-corrected chi connectivity index (χ2v) is 8.25. The second kappa shape index (κ2) is 7.51. The van der Waals surface area contributed by atoms with Gasteiger partial charge < -0.3 is 19.5 Å². The molecule has 0 radical (unpaired) electrons.